The fraction of sp³-hybridized carbons (Fsp3) is 1.00. The Bertz CT molecular complexity index is 298. The van der Waals surface area contributed by atoms with E-state index in [0.717, 1.165) is 19.6 Å². The Morgan fingerprint density at radius 1 is 1.24 bits per heavy atom. The molecule has 4 heteroatoms. The summed E-state index contributed by atoms with van der Waals surface area (Å²) in [6.45, 7) is 4.99. The van der Waals surface area contributed by atoms with Crippen LogP contribution in [0.1, 0.15) is 39.0 Å². The molecule has 1 spiro atoms. The maximum atomic E-state index is 13.2. The van der Waals surface area contributed by atoms with Crippen LogP contribution in [0.5, 0.6) is 0 Å². The summed E-state index contributed by atoms with van der Waals surface area (Å²) in [4.78, 5) is 2.37. The minimum Gasteiger partial charge on any atom is -0.310 e. The molecule has 0 aromatic rings. The molecular weight excluding hydrogens is 222 g/mol. The predicted molar refractivity (Wildman–Crippen MR) is 63.3 cm³/mol. The summed E-state index contributed by atoms with van der Waals surface area (Å²) in [6.07, 6.45) is 4.02. The quantitative estimate of drug-likeness (QED) is 0.801. The van der Waals surface area contributed by atoms with Crippen molar-refractivity contribution in [1.29, 1.82) is 0 Å². The van der Waals surface area contributed by atoms with Crippen molar-refractivity contribution in [1.82, 2.24) is 10.2 Å². The molecule has 98 valence electrons. The van der Waals surface area contributed by atoms with E-state index in [-0.39, 0.29) is 6.42 Å². The Balaban J connectivity index is 1.46. The van der Waals surface area contributed by atoms with Gasteiger partial charge >= 0.3 is 0 Å². The topological polar surface area (TPSA) is 15.3 Å². The molecule has 2 saturated heterocycles. The summed E-state index contributed by atoms with van der Waals surface area (Å²) in [7, 11) is 0. The number of alkyl halides is 2. The number of likely N-dealkylation sites (tertiary alicyclic amines) is 1. The van der Waals surface area contributed by atoms with Crippen molar-refractivity contribution in [2.45, 2.75) is 57.0 Å². The molecule has 2 heterocycles. The smallest absolute Gasteiger partial charge is 0.254 e. The van der Waals surface area contributed by atoms with E-state index >= 15 is 0 Å². The van der Waals surface area contributed by atoms with Crippen LogP contribution in [0.15, 0.2) is 0 Å². The molecule has 1 saturated carbocycles. The lowest BCUT2D eigenvalue weighted by Gasteiger charge is -2.33. The van der Waals surface area contributed by atoms with Crippen molar-refractivity contribution in [2.75, 3.05) is 19.6 Å². The number of nitrogens with zero attached hydrogens (tertiary/aromatic N) is 1. The van der Waals surface area contributed by atoms with Gasteiger partial charge in [-0.25, -0.2) is 8.78 Å². The van der Waals surface area contributed by atoms with Gasteiger partial charge in [0, 0.05) is 30.5 Å². The molecule has 2 aliphatic heterocycles. The highest BCUT2D eigenvalue weighted by Gasteiger charge is 2.70. The van der Waals surface area contributed by atoms with Crippen LogP contribution in [0.4, 0.5) is 8.78 Å². The van der Waals surface area contributed by atoms with Crippen molar-refractivity contribution in [3.8, 4) is 0 Å². The van der Waals surface area contributed by atoms with Crippen LogP contribution in [0.25, 0.3) is 0 Å². The first kappa shape index (κ1) is 11.8. The number of rotatable bonds is 2. The van der Waals surface area contributed by atoms with Crippen LogP contribution in [0, 0.1) is 5.41 Å². The van der Waals surface area contributed by atoms with E-state index in [1.807, 2.05) is 0 Å². The van der Waals surface area contributed by atoms with Crippen molar-refractivity contribution in [3.63, 3.8) is 0 Å². The average Bonchev–Trinajstić information content (AvgIpc) is 2.59. The first-order valence-corrected chi connectivity index (χ1v) is 6.87. The highest BCUT2D eigenvalue weighted by Crippen LogP contribution is 2.65. The third-order valence-corrected chi connectivity index (χ3v) is 4.97. The Morgan fingerprint density at radius 2 is 1.88 bits per heavy atom. The third kappa shape index (κ3) is 2.10. The molecule has 17 heavy (non-hydrogen) atoms. The lowest BCUT2D eigenvalue weighted by atomic mass is 9.92. The van der Waals surface area contributed by atoms with E-state index < -0.39 is 11.3 Å². The minimum absolute atomic E-state index is 0.145. The Morgan fingerprint density at radius 3 is 2.35 bits per heavy atom. The van der Waals surface area contributed by atoms with E-state index in [1.165, 1.54) is 12.8 Å². The van der Waals surface area contributed by atoms with E-state index in [0.29, 0.717) is 24.9 Å². The van der Waals surface area contributed by atoms with E-state index in [2.05, 4.69) is 17.1 Å². The maximum Gasteiger partial charge on any atom is 0.254 e. The Hall–Kier alpha value is -0.220. The lowest BCUT2D eigenvalue weighted by molar-refractivity contribution is 0.0300. The second-order valence-electron chi connectivity index (χ2n) is 6.30. The molecule has 0 amide bonds. The first-order valence-electron chi connectivity index (χ1n) is 6.87. The second-order valence-corrected chi connectivity index (χ2v) is 6.30. The summed E-state index contributed by atoms with van der Waals surface area (Å²) in [6, 6.07) is 1.21. The first-order chi connectivity index (χ1) is 8.01. The minimum atomic E-state index is -2.35. The molecule has 0 aromatic heterocycles. The largest absolute Gasteiger partial charge is 0.310 e. The van der Waals surface area contributed by atoms with Crippen LogP contribution in [-0.2, 0) is 0 Å². The van der Waals surface area contributed by atoms with Gasteiger partial charge in [0.2, 0.25) is 0 Å². The van der Waals surface area contributed by atoms with Gasteiger partial charge in [-0.2, -0.15) is 0 Å². The molecule has 0 radical (unpaired) electrons. The highest BCUT2D eigenvalue weighted by molar-refractivity contribution is 5.11. The second kappa shape index (κ2) is 3.89. The van der Waals surface area contributed by atoms with Gasteiger partial charge in [0.1, 0.15) is 0 Å². The van der Waals surface area contributed by atoms with Crippen molar-refractivity contribution < 1.29 is 8.78 Å². The van der Waals surface area contributed by atoms with Gasteiger partial charge < -0.3 is 10.2 Å². The van der Waals surface area contributed by atoms with Gasteiger partial charge in [0.15, 0.2) is 0 Å². The standard InChI is InChI=1S/C13H22F2N2/c1-10-2-3-11(16-10)8-17-6-4-12(5-7-17)9-13(12,14)15/h10-11,16H,2-9H2,1H3/t10?,11-/m0/s1. The summed E-state index contributed by atoms with van der Waals surface area (Å²) in [5.41, 5.74) is -0.597. The van der Waals surface area contributed by atoms with Gasteiger partial charge in [0.25, 0.3) is 5.92 Å². The molecular formula is C13H22F2N2. The molecule has 1 aliphatic carbocycles. The molecule has 2 nitrogen and oxygen atoms in total. The zero-order valence-corrected chi connectivity index (χ0v) is 10.5. The molecule has 1 unspecified atom stereocenters. The average molecular weight is 244 g/mol. The molecule has 2 atom stereocenters. The van der Waals surface area contributed by atoms with Crippen LogP contribution in [-0.4, -0.2) is 42.5 Å². The third-order valence-electron chi connectivity index (χ3n) is 4.97. The van der Waals surface area contributed by atoms with E-state index in [9.17, 15) is 8.78 Å². The highest BCUT2D eigenvalue weighted by atomic mass is 19.3. The molecule has 3 fully saturated rings. The SMILES string of the molecule is CC1CC[C@@H](CN2CCC3(CC2)CC3(F)F)N1. The van der Waals surface area contributed by atoms with Crippen molar-refractivity contribution in [2.24, 2.45) is 5.41 Å². The maximum absolute atomic E-state index is 13.2. The predicted octanol–water partition coefficient (Wildman–Crippen LogP) is 2.25. The van der Waals surface area contributed by atoms with Crippen LogP contribution in [0.3, 0.4) is 0 Å². The normalized spacial score (nSPS) is 39.7. The van der Waals surface area contributed by atoms with Crippen LogP contribution < -0.4 is 5.32 Å². The molecule has 3 rings (SSSR count). The molecule has 3 aliphatic rings. The monoisotopic (exact) mass is 244 g/mol. The summed E-state index contributed by atoms with van der Waals surface area (Å²) < 4.78 is 26.5. The number of piperidine rings is 1. The molecule has 0 aromatic carbocycles. The zero-order valence-electron chi connectivity index (χ0n) is 10.5. The Kier molecular flexibility index (Phi) is 2.71. The summed E-state index contributed by atoms with van der Waals surface area (Å²) in [5.74, 6) is -2.35. The van der Waals surface area contributed by atoms with Crippen molar-refractivity contribution in [3.05, 3.63) is 0 Å². The lowest BCUT2D eigenvalue weighted by Crippen LogP contribution is -2.44. The van der Waals surface area contributed by atoms with Gasteiger partial charge in [-0.15, -0.1) is 0 Å². The molecule has 1 N–H and O–H groups in total. The number of halogens is 2. The van der Waals surface area contributed by atoms with Crippen LogP contribution in [0.2, 0.25) is 0 Å². The van der Waals surface area contributed by atoms with Gasteiger partial charge in [-0.1, -0.05) is 0 Å². The van der Waals surface area contributed by atoms with Gasteiger partial charge in [0.05, 0.1) is 0 Å². The van der Waals surface area contributed by atoms with Crippen molar-refractivity contribution >= 4 is 0 Å². The van der Waals surface area contributed by atoms with Gasteiger partial charge in [-0.05, 0) is 45.7 Å². The number of hydrogen-bond donors (Lipinski definition) is 1. The van der Waals surface area contributed by atoms with E-state index in [1.54, 1.807) is 0 Å². The fourth-order valence-electron chi connectivity index (χ4n) is 3.56. The number of nitrogens with one attached hydrogen (secondary N) is 1. The van der Waals surface area contributed by atoms with E-state index in [4.69, 9.17) is 0 Å². The Labute approximate surface area is 102 Å². The van der Waals surface area contributed by atoms with Gasteiger partial charge in [-0.3, -0.25) is 0 Å². The zero-order chi connectivity index (χ0) is 12.1. The summed E-state index contributed by atoms with van der Waals surface area (Å²) in [5, 5.41) is 3.56. The molecule has 0 bridgehead atoms. The fourth-order valence-corrected chi connectivity index (χ4v) is 3.56. The van der Waals surface area contributed by atoms with Crippen LogP contribution >= 0.6 is 0 Å². The number of hydrogen-bond acceptors (Lipinski definition) is 2. The summed E-state index contributed by atoms with van der Waals surface area (Å²) >= 11 is 0.